The summed E-state index contributed by atoms with van der Waals surface area (Å²) in [5, 5.41) is 7.55. The van der Waals surface area contributed by atoms with Gasteiger partial charge in [-0.15, -0.1) is 5.10 Å². The van der Waals surface area contributed by atoms with Gasteiger partial charge in [-0.3, -0.25) is 9.48 Å². The van der Waals surface area contributed by atoms with Crippen LogP contribution in [0.5, 0.6) is 0 Å². The van der Waals surface area contributed by atoms with Crippen LogP contribution in [0.1, 0.15) is 30.3 Å². The zero-order chi connectivity index (χ0) is 9.42. The fraction of sp³-hybridized carbons (Fsp3) is 0.667. The first-order valence-corrected chi connectivity index (χ1v) is 4.63. The van der Waals surface area contributed by atoms with Gasteiger partial charge in [0.15, 0.2) is 5.78 Å². The molecule has 4 heteroatoms. The summed E-state index contributed by atoms with van der Waals surface area (Å²) in [6.45, 7) is 2.12. The van der Waals surface area contributed by atoms with Gasteiger partial charge in [-0.1, -0.05) is 18.6 Å². The summed E-state index contributed by atoms with van der Waals surface area (Å²) >= 11 is 0. The zero-order valence-corrected chi connectivity index (χ0v) is 7.90. The maximum atomic E-state index is 11.7. The largest absolute Gasteiger partial charge is 0.292 e. The van der Waals surface area contributed by atoms with Crippen LogP contribution in [0.25, 0.3) is 0 Å². The first-order chi connectivity index (χ1) is 6.22. The van der Waals surface area contributed by atoms with Crippen molar-refractivity contribution >= 4 is 5.78 Å². The van der Waals surface area contributed by atoms with Crippen LogP contribution in [0.4, 0.5) is 0 Å². The van der Waals surface area contributed by atoms with Crippen LogP contribution < -0.4 is 0 Å². The van der Waals surface area contributed by atoms with Gasteiger partial charge in [0.2, 0.25) is 0 Å². The van der Waals surface area contributed by atoms with Gasteiger partial charge in [0.05, 0.1) is 6.20 Å². The molecule has 2 rings (SSSR count). The van der Waals surface area contributed by atoms with E-state index in [4.69, 9.17) is 0 Å². The fourth-order valence-electron chi connectivity index (χ4n) is 1.67. The lowest BCUT2D eigenvalue weighted by molar-refractivity contribution is 0.0956. The number of aryl methyl sites for hydroxylation is 1. The molecule has 1 saturated carbocycles. The van der Waals surface area contributed by atoms with Crippen LogP contribution in [0.2, 0.25) is 0 Å². The van der Waals surface area contributed by atoms with Crippen molar-refractivity contribution < 1.29 is 4.79 Å². The van der Waals surface area contributed by atoms with Crippen molar-refractivity contribution in [2.24, 2.45) is 18.9 Å². The van der Waals surface area contributed by atoms with Gasteiger partial charge in [-0.2, -0.15) is 0 Å². The molecular weight excluding hydrogens is 166 g/mol. The minimum atomic E-state index is 0.167. The Balaban J connectivity index is 2.07. The second-order valence-corrected chi connectivity index (χ2v) is 3.65. The number of ketones is 1. The van der Waals surface area contributed by atoms with E-state index in [9.17, 15) is 4.79 Å². The van der Waals surface area contributed by atoms with Gasteiger partial charge in [0, 0.05) is 13.0 Å². The molecule has 1 fully saturated rings. The minimum Gasteiger partial charge on any atom is -0.292 e. The Bertz CT molecular complexity index is 331. The minimum absolute atomic E-state index is 0.167. The van der Waals surface area contributed by atoms with E-state index in [1.165, 1.54) is 0 Å². The molecule has 1 aromatic heterocycles. The van der Waals surface area contributed by atoms with E-state index in [1.807, 2.05) is 0 Å². The molecule has 13 heavy (non-hydrogen) atoms. The predicted molar refractivity (Wildman–Crippen MR) is 47.2 cm³/mol. The van der Waals surface area contributed by atoms with Crippen molar-refractivity contribution in [3.05, 3.63) is 11.9 Å². The normalized spacial score (nSPS) is 26.0. The molecule has 0 radical (unpaired) electrons. The van der Waals surface area contributed by atoms with Crippen LogP contribution in [0.3, 0.4) is 0 Å². The smallest absolute Gasteiger partial charge is 0.188 e. The Hall–Kier alpha value is -1.19. The van der Waals surface area contributed by atoms with E-state index in [-0.39, 0.29) is 11.7 Å². The monoisotopic (exact) mass is 179 g/mol. The Kier molecular flexibility index (Phi) is 1.90. The molecular formula is C9H13N3O. The third-order valence-corrected chi connectivity index (χ3v) is 2.64. The second kappa shape index (κ2) is 2.94. The van der Waals surface area contributed by atoms with Crippen molar-refractivity contribution in [3.8, 4) is 0 Å². The van der Waals surface area contributed by atoms with E-state index in [2.05, 4.69) is 17.2 Å². The molecule has 2 atom stereocenters. The first kappa shape index (κ1) is 8.41. The Labute approximate surface area is 76.9 Å². The maximum Gasteiger partial charge on any atom is 0.188 e. The van der Waals surface area contributed by atoms with Crippen LogP contribution in [0.15, 0.2) is 6.20 Å². The number of nitrogens with zero attached hydrogens (tertiary/aromatic N) is 3. The van der Waals surface area contributed by atoms with Gasteiger partial charge in [0.25, 0.3) is 0 Å². The van der Waals surface area contributed by atoms with Gasteiger partial charge >= 0.3 is 0 Å². The van der Waals surface area contributed by atoms with E-state index >= 15 is 0 Å². The number of rotatable bonds is 3. The highest BCUT2D eigenvalue weighted by atomic mass is 16.1. The van der Waals surface area contributed by atoms with Gasteiger partial charge in [0.1, 0.15) is 5.69 Å². The zero-order valence-electron chi connectivity index (χ0n) is 7.90. The SMILES string of the molecule is CC[C@@H]1C[C@H]1C(=O)c1cn(C)nn1. The van der Waals surface area contributed by atoms with E-state index in [0.717, 1.165) is 12.8 Å². The second-order valence-electron chi connectivity index (χ2n) is 3.65. The third kappa shape index (κ3) is 1.48. The van der Waals surface area contributed by atoms with Crippen LogP contribution >= 0.6 is 0 Å². The van der Waals surface area contributed by atoms with Gasteiger partial charge in [-0.25, -0.2) is 0 Å². The summed E-state index contributed by atoms with van der Waals surface area (Å²) in [5.74, 6) is 0.983. The van der Waals surface area contributed by atoms with Crippen molar-refractivity contribution in [2.75, 3.05) is 0 Å². The number of aromatic nitrogens is 3. The average Bonchev–Trinajstić information content (AvgIpc) is 2.80. The van der Waals surface area contributed by atoms with Crippen LogP contribution in [-0.2, 0) is 7.05 Å². The van der Waals surface area contributed by atoms with Crippen molar-refractivity contribution in [1.29, 1.82) is 0 Å². The number of hydrogen-bond donors (Lipinski definition) is 0. The molecule has 1 aliphatic carbocycles. The Morgan fingerprint density at radius 2 is 2.54 bits per heavy atom. The molecule has 1 heterocycles. The van der Waals surface area contributed by atoms with E-state index in [0.29, 0.717) is 11.6 Å². The number of carbonyl (C=O) groups excluding carboxylic acids is 1. The summed E-state index contributed by atoms with van der Waals surface area (Å²) < 4.78 is 1.57. The van der Waals surface area contributed by atoms with Crippen LogP contribution in [0, 0.1) is 11.8 Å². The lowest BCUT2D eigenvalue weighted by Gasteiger charge is -1.91. The molecule has 0 amide bonds. The van der Waals surface area contributed by atoms with Gasteiger partial charge in [-0.05, 0) is 12.3 Å². The highest BCUT2D eigenvalue weighted by Crippen LogP contribution is 2.42. The molecule has 0 unspecified atom stereocenters. The summed E-state index contributed by atoms with van der Waals surface area (Å²) in [5.41, 5.74) is 0.517. The molecule has 0 aromatic carbocycles. The average molecular weight is 179 g/mol. The lowest BCUT2D eigenvalue weighted by atomic mass is 10.1. The lowest BCUT2D eigenvalue weighted by Crippen LogP contribution is -2.03. The third-order valence-electron chi connectivity index (χ3n) is 2.64. The van der Waals surface area contributed by atoms with Crippen molar-refractivity contribution in [1.82, 2.24) is 15.0 Å². The molecule has 0 aliphatic heterocycles. The molecule has 1 aromatic rings. The topological polar surface area (TPSA) is 47.8 Å². The Morgan fingerprint density at radius 1 is 1.77 bits per heavy atom. The van der Waals surface area contributed by atoms with E-state index in [1.54, 1.807) is 17.9 Å². The number of carbonyl (C=O) groups is 1. The predicted octanol–water partition coefficient (Wildman–Crippen LogP) is 1.04. The van der Waals surface area contributed by atoms with Crippen molar-refractivity contribution in [2.45, 2.75) is 19.8 Å². The summed E-state index contributed by atoms with van der Waals surface area (Å²) in [4.78, 5) is 11.7. The number of Topliss-reactive ketones (excluding diaryl/α,β-unsaturated/α-hetero) is 1. The number of hydrogen-bond acceptors (Lipinski definition) is 3. The van der Waals surface area contributed by atoms with Gasteiger partial charge < -0.3 is 0 Å². The molecule has 4 nitrogen and oxygen atoms in total. The van der Waals surface area contributed by atoms with E-state index < -0.39 is 0 Å². The van der Waals surface area contributed by atoms with Crippen LogP contribution in [-0.4, -0.2) is 20.8 Å². The van der Waals surface area contributed by atoms with Crippen molar-refractivity contribution in [3.63, 3.8) is 0 Å². The molecule has 1 aliphatic rings. The highest BCUT2D eigenvalue weighted by molar-refractivity contribution is 5.97. The fourth-order valence-corrected chi connectivity index (χ4v) is 1.67. The standard InChI is InChI=1S/C9H13N3O/c1-3-6-4-7(6)9(13)8-5-12(2)11-10-8/h5-7H,3-4H2,1-2H3/t6-,7-/m1/s1. The molecule has 0 bridgehead atoms. The summed E-state index contributed by atoms with van der Waals surface area (Å²) in [6.07, 6.45) is 3.82. The summed E-state index contributed by atoms with van der Waals surface area (Å²) in [7, 11) is 1.77. The molecule has 70 valence electrons. The maximum absolute atomic E-state index is 11.7. The first-order valence-electron chi connectivity index (χ1n) is 4.63. The summed E-state index contributed by atoms with van der Waals surface area (Å²) in [6, 6.07) is 0. The Morgan fingerprint density at radius 3 is 3.00 bits per heavy atom. The highest BCUT2D eigenvalue weighted by Gasteiger charge is 2.42. The molecule has 0 saturated heterocycles. The molecule has 0 N–H and O–H groups in total. The quantitative estimate of drug-likeness (QED) is 0.651. The molecule has 0 spiro atoms.